The Morgan fingerprint density at radius 3 is 2.54 bits per heavy atom. The fourth-order valence-electron chi connectivity index (χ4n) is 2.09. The Morgan fingerprint density at radius 1 is 1.25 bits per heavy atom. The lowest BCUT2D eigenvalue weighted by molar-refractivity contribution is -0.118. The summed E-state index contributed by atoms with van der Waals surface area (Å²) in [6.45, 7) is 3.67. The molecule has 0 saturated heterocycles. The van der Waals surface area contributed by atoms with Gasteiger partial charge in [-0.2, -0.15) is 0 Å². The van der Waals surface area contributed by atoms with E-state index in [1.807, 2.05) is 13.8 Å². The molecule has 2 amide bonds. The molecular formula is C17H19ClN2O4. The molecule has 7 heteroatoms. The third-order valence-electron chi connectivity index (χ3n) is 3.41. The van der Waals surface area contributed by atoms with Crippen LogP contribution in [0.15, 0.2) is 41.0 Å². The van der Waals surface area contributed by atoms with Crippen molar-refractivity contribution in [3.05, 3.63) is 47.4 Å². The zero-order valence-corrected chi connectivity index (χ0v) is 14.4. The van der Waals surface area contributed by atoms with Crippen molar-refractivity contribution in [3.63, 3.8) is 0 Å². The molecule has 24 heavy (non-hydrogen) atoms. The van der Waals surface area contributed by atoms with Gasteiger partial charge in [0.1, 0.15) is 11.8 Å². The van der Waals surface area contributed by atoms with E-state index < -0.39 is 11.9 Å². The Morgan fingerprint density at radius 2 is 2.00 bits per heavy atom. The lowest BCUT2D eigenvalue weighted by Gasteiger charge is -2.21. The summed E-state index contributed by atoms with van der Waals surface area (Å²) >= 11 is 6.13. The molecule has 0 radical (unpaired) electrons. The number of hydrogen-bond donors (Lipinski definition) is 2. The van der Waals surface area contributed by atoms with Crippen LogP contribution in [0.3, 0.4) is 0 Å². The van der Waals surface area contributed by atoms with Gasteiger partial charge in [0.25, 0.3) is 5.91 Å². The number of nitrogens with one attached hydrogen (secondary N) is 2. The van der Waals surface area contributed by atoms with Gasteiger partial charge in [0.2, 0.25) is 5.91 Å². The second-order valence-electron chi connectivity index (χ2n) is 5.51. The van der Waals surface area contributed by atoms with Gasteiger partial charge in [-0.25, -0.2) is 0 Å². The Bertz CT molecular complexity index is 713. The molecule has 1 unspecified atom stereocenters. The number of amides is 2. The summed E-state index contributed by atoms with van der Waals surface area (Å²) in [6, 6.07) is 7.34. The van der Waals surface area contributed by atoms with Crippen LogP contribution in [-0.2, 0) is 4.79 Å². The summed E-state index contributed by atoms with van der Waals surface area (Å²) in [5.74, 6) is -0.201. The molecule has 1 aromatic heterocycles. The van der Waals surface area contributed by atoms with Gasteiger partial charge in [-0.1, -0.05) is 25.4 Å². The van der Waals surface area contributed by atoms with E-state index in [1.54, 1.807) is 24.3 Å². The number of furan rings is 1. The maximum atomic E-state index is 12.5. The lowest BCUT2D eigenvalue weighted by atomic mass is 10.0. The molecule has 0 saturated carbocycles. The van der Waals surface area contributed by atoms with Crippen molar-refractivity contribution in [2.45, 2.75) is 19.9 Å². The second-order valence-corrected chi connectivity index (χ2v) is 5.91. The van der Waals surface area contributed by atoms with Crippen LogP contribution < -0.4 is 15.4 Å². The predicted molar refractivity (Wildman–Crippen MR) is 91.4 cm³/mol. The molecule has 0 bridgehead atoms. The summed E-state index contributed by atoms with van der Waals surface area (Å²) in [4.78, 5) is 24.6. The molecule has 1 aromatic carbocycles. The average Bonchev–Trinajstić information content (AvgIpc) is 3.08. The number of rotatable bonds is 6. The summed E-state index contributed by atoms with van der Waals surface area (Å²) in [6.07, 6.45) is 1.40. The Hall–Kier alpha value is -2.47. The van der Waals surface area contributed by atoms with Gasteiger partial charge in [-0.15, -0.1) is 0 Å². The number of benzene rings is 1. The van der Waals surface area contributed by atoms with Gasteiger partial charge in [-0.3, -0.25) is 9.59 Å². The van der Waals surface area contributed by atoms with E-state index in [-0.39, 0.29) is 17.6 Å². The van der Waals surface area contributed by atoms with Gasteiger partial charge in [0, 0.05) is 6.07 Å². The van der Waals surface area contributed by atoms with Crippen molar-refractivity contribution in [1.29, 1.82) is 0 Å². The minimum atomic E-state index is -0.735. The molecule has 1 atom stereocenters. The normalized spacial score (nSPS) is 11.9. The highest BCUT2D eigenvalue weighted by Crippen LogP contribution is 2.27. The van der Waals surface area contributed by atoms with Gasteiger partial charge in [-0.05, 0) is 30.2 Å². The second kappa shape index (κ2) is 7.88. The monoisotopic (exact) mass is 350 g/mol. The van der Waals surface area contributed by atoms with Crippen LogP contribution in [0.25, 0.3) is 0 Å². The van der Waals surface area contributed by atoms with E-state index in [1.165, 1.54) is 19.4 Å². The van der Waals surface area contributed by atoms with E-state index >= 15 is 0 Å². The topological polar surface area (TPSA) is 80.6 Å². The van der Waals surface area contributed by atoms with Crippen LogP contribution >= 0.6 is 11.6 Å². The molecule has 2 N–H and O–H groups in total. The van der Waals surface area contributed by atoms with Gasteiger partial charge >= 0.3 is 0 Å². The van der Waals surface area contributed by atoms with Crippen molar-refractivity contribution >= 4 is 29.1 Å². The number of ether oxygens (including phenoxy) is 1. The minimum absolute atomic E-state index is 0.124. The molecule has 0 spiro atoms. The summed E-state index contributed by atoms with van der Waals surface area (Å²) in [5.41, 5.74) is 0.445. The van der Waals surface area contributed by atoms with Crippen LogP contribution in [0, 0.1) is 5.92 Å². The highest BCUT2D eigenvalue weighted by Gasteiger charge is 2.26. The van der Waals surface area contributed by atoms with E-state index in [0.29, 0.717) is 16.5 Å². The summed E-state index contributed by atoms with van der Waals surface area (Å²) in [7, 11) is 1.53. The quantitative estimate of drug-likeness (QED) is 0.837. The summed E-state index contributed by atoms with van der Waals surface area (Å²) in [5, 5.41) is 5.74. The molecular weight excluding hydrogens is 332 g/mol. The van der Waals surface area contributed by atoms with E-state index in [9.17, 15) is 9.59 Å². The van der Waals surface area contributed by atoms with E-state index in [2.05, 4.69) is 10.6 Å². The zero-order valence-electron chi connectivity index (χ0n) is 13.6. The fourth-order valence-corrected chi connectivity index (χ4v) is 2.31. The third kappa shape index (κ3) is 4.29. The van der Waals surface area contributed by atoms with Crippen molar-refractivity contribution in [2.24, 2.45) is 5.92 Å². The van der Waals surface area contributed by atoms with Crippen LogP contribution in [-0.4, -0.2) is 25.0 Å². The molecule has 0 aliphatic carbocycles. The SMILES string of the molecule is COc1ccc(NC(=O)C(NC(=O)c2ccco2)C(C)C)c(Cl)c1. The first-order chi connectivity index (χ1) is 11.4. The van der Waals surface area contributed by atoms with E-state index in [0.717, 1.165) is 0 Å². The molecule has 1 heterocycles. The molecule has 6 nitrogen and oxygen atoms in total. The van der Waals surface area contributed by atoms with Gasteiger partial charge < -0.3 is 19.8 Å². The van der Waals surface area contributed by atoms with Crippen LogP contribution in [0.1, 0.15) is 24.4 Å². The van der Waals surface area contributed by atoms with Crippen molar-refractivity contribution in [2.75, 3.05) is 12.4 Å². The zero-order chi connectivity index (χ0) is 17.7. The molecule has 0 fully saturated rings. The van der Waals surface area contributed by atoms with Crippen molar-refractivity contribution < 1.29 is 18.7 Å². The molecule has 128 valence electrons. The maximum absolute atomic E-state index is 12.5. The number of hydrogen-bond acceptors (Lipinski definition) is 4. The largest absolute Gasteiger partial charge is 0.497 e. The molecule has 2 rings (SSSR count). The lowest BCUT2D eigenvalue weighted by Crippen LogP contribution is -2.47. The minimum Gasteiger partial charge on any atom is -0.497 e. The van der Waals surface area contributed by atoms with Crippen LogP contribution in [0.5, 0.6) is 5.75 Å². The Balaban J connectivity index is 2.10. The van der Waals surface area contributed by atoms with Crippen LogP contribution in [0.4, 0.5) is 5.69 Å². The maximum Gasteiger partial charge on any atom is 0.287 e. The Labute approximate surface area is 145 Å². The number of carbonyl (C=O) groups is 2. The number of anilines is 1. The Kier molecular flexibility index (Phi) is 5.87. The van der Waals surface area contributed by atoms with E-state index in [4.69, 9.17) is 20.8 Å². The fraction of sp³-hybridized carbons (Fsp3) is 0.294. The average molecular weight is 351 g/mol. The molecule has 0 aliphatic heterocycles. The third-order valence-corrected chi connectivity index (χ3v) is 3.73. The number of carbonyl (C=O) groups excluding carboxylic acids is 2. The van der Waals surface area contributed by atoms with Gasteiger partial charge in [0.05, 0.1) is 24.1 Å². The first-order valence-corrected chi connectivity index (χ1v) is 7.79. The first kappa shape index (κ1) is 17.9. The van der Waals surface area contributed by atoms with Gasteiger partial charge in [0.15, 0.2) is 5.76 Å². The number of halogens is 1. The van der Waals surface area contributed by atoms with Crippen molar-refractivity contribution in [1.82, 2.24) is 5.32 Å². The van der Waals surface area contributed by atoms with Crippen molar-refractivity contribution in [3.8, 4) is 5.75 Å². The number of methoxy groups -OCH3 is 1. The molecule has 0 aliphatic rings. The standard InChI is InChI=1S/C17H19ClN2O4/c1-10(2)15(20-16(21)14-5-4-8-24-14)17(22)19-13-7-6-11(23-3)9-12(13)18/h4-10,15H,1-3H3,(H,19,22)(H,20,21). The first-order valence-electron chi connectivity index (χ1n) is 7.41. The smallest absolute Gasteiger partial charge is 0.287 e. The van der Waals surface area contributed by atoms with Crippen LogP contribution in [0.2, 0.25) is 5.02 Å². The highest BCUT2D eigenvalue weighted by molar-refractivity contribution is 6.33. The predicted octanol–water partition coefficient (Wildman–Crippen LogP) is 3.33. The molecule has 2 aromatic rings. The summed E-state index contributed by atoms with van der Waals surface area (Å²) < 4.78 is 10.1. The highest BCUT2D eigenvalue weighted by atomic mass is 35.5.